The van der Waals surface area contributed by atoms with Crippen molar-refractivity contribution < 1.29 is 5.11 Å². The number of hydrogen-bond donors (Lipinski definition) is 1. The van der Waals surface area contributed by atoms with Crippen molar-refractivity contribution in [3.63, 3.8) is 0 Å². The summed E-state index contributed by atoms with van der Waals surface area (Å²) < 4.78 is 0. The average Bonchev–Trinajstić information content (AvgIpc) is 2.46. The fraction of sp³-hybridized carbons (Fsp3) is 1.00. The first-order chi connectivity index (χ1) is 9.26. The second-order valence-corrected chi connectivity index (χ2v) is 5.43. The summed E-state index contributed by atoms with van der Waals surface area (Å²) in [4.78, 5) is 5.00. The van der Waals surface area contributed by atoms with E-state index in [4.69, 9.17) is 5.11 Å². The van der Waals surface area contributed by atoms with Gasteiger partial charge in [0, 0.05) is 32.8 Å². The zero-order chi connectivity index (χ0) is 14.5. The summed E-state index contributed by atoms with van der Waals surface area (Å²) in [6.45, 7) is 12.8. The van der Waals surface area contributed by atoms with E-state index in [0.29, 0.717) is 6.61 Å². The fourth-order valence-corrected chi connectivity index (χ4v) is 2.58. The van der Waals surface area contributed by atoms with Crippen LogP contribution in [-0.2, 0) is 0 Å². The van der Waals surface area contributed by atoms with Crippen molar-refractivity contribution in [3.05, 3.63) is 0 Å². The largest absolute Gasteiger partial charge is 0.396 e. The molecule has 1 N–H and O–H groups in total. The smallest absolute Gasteiger partial charge is 0.0433 e. The zero-order valence-corrected chi connectivity index (χ0v) is 13.7. The molecule has 0 bridgehead atoms. The van der Waals surface area contributed by atoms with Gasteiger partial charge in [-0.3, -0.25) is 0 Å². The van der Waals surface area contributed by atoms with Crippen molar-refractivity contribution in [2.24, 2.45) is 5.92 Å². The maximum atomic E-state index is 8.94. The van der Waals surface area contributed by atoms with Crippen molar-refractivity contribution in [1.82, 2.24) is 9.80 Å². The SMILES string of the molecule is CC.CCC(CCO)CCCCN1CCN(C)CC1. The minimum absolute atomic E-state index is 0.358. The van der Waals surface area contributed by atoms with E-state index in [2.05, 4.69) is 23.8 Å². The second-order valence-electron chi connectivity index (χ2n) is 5.43. The minimum Gasteiger partial charge on any atom is -0.396 e. The van der Waals surface area contributed by atoms with Gasteiger partial charge in [-0.1, -0.05) is 40.0 Å². The molecule has 1 rings (SSSR count). The molecule has 1 heterocycles. The maximum Gasteiger partial charge on any atom is 0.0433 e. The van der Waals surface area contributed by atoms with Gasteiger partial charge in [0.2, 0.25) is 0 Å². The van der Waals surface area contributed by atoms with E-state index in [0.717, 1.165) is 12.3 Å². The van der Waals surface area contributed by atoms with Crippen molar-refractivity contribution in [1.29, 1.82) is 0 Å². The van der Waals surface area contributed by atoms with Crippen LogP contribution >= 0.6 is 0 Å². The Hall–Kier alpha value is -0.120. The average molecular weight is 272 g/mol. The van der Waals surface area contributed by atoms with Crippen LogP contribution in [0.15, 0.2) is 0 Å². The lowest BCUT2D eigenvalue weighted by Crippen LogP contribution is -2.44. The molecule has 1 saturated heterocycles. The Bertz CT molecular complexity index is 180. The molecule has 0 radical (unpaired) electrons. The number of nitrogens with zero attached hydrogens (tertiary/aromatic N) is 2. The number of aliphatic hydroxyl groups is 1. The molecule has 1 aliphatic heterocycles. The first kappa shape index (κ1) is 18.9. The molecular formula is C16H36N2O. The molecular weight excluding hydrogens is 236 g/mol. The molecule has 1 unspecified atom stereocenters. The highest BCUT2D eigenvalue weighted by Gasteiger charge is 2.13. The van der Waals surface area contributed by atoms with Crippen LogP contribution in [0.25, 0.3) is 0 Å². The normalized spacial score (nSPS) is 18.8. The van der Waals surface area contributed by atoms with Gasteiger partial charge in [0.05, 0.1) is 0 Å². The van der Waals surface area contributed by atoms with Crippen LogP contribution < -0.4 is 0 Å². The molecule has 1 fully saturated rings. The Morgan fingerprint density at radius 3 is 2.16 bits per heavy atom. The Morgan fingerprint density at radius 2 is 1.63 bits per heavy atom. The molecule has 0 aromatic heterocycles. The topological polar surface area (TPSA) is 26.7 Å². The van der Waals surface area contributed by atoms with E-state index in [1.807, 2.05) is 13.8 Å². The van der Waals surface area contributed by atoms with Gasteiger partial charge < -0.3 is 14.9 Å². The third kappa shape index (κ3) is 9.42. The number of piperazine rings is 1. The molecule has 3 nitrogen and oxygen atoms in total. The van der Waals surface area contributed by atoms with Crippen LogP contribution in [0.5, 0.6) is 0 Å². The Morgan fingerprint density at radius 1 is 1.00 bits per heavy atom. The van der Waals surface area contributed by atoms with Crippen molar-refractivity contribution in [3.8, 4) is 0 Å². The molecule has 1 atom stereocenters. The van der Waals surface area contributed by atoms with Gasteiger partial charge in [-0.05, 0) is 32.4 Å². The fourth-order valence-electron chi connectivity index (χ4n) is 2.58. The lowest BCUT2D eigenvalue weighted by molar-refractivity contribution is 0.151. The lowest BCUT2D eigenvalue weighted by atomic mass is 9.96. The molecule has 1 aliphatic rings. The van der Waals surface area contributed by atoms with Gasteiger partial charge in [0.1, 0.15) is 0 Å². The maximum absolute atomic E-state index is 8.94. The molecule has 0 aromatic rings. The standard InChI is InChI=1S/C14H30N2O.C2H6/c1-3-14(7-13-17)6-4-5-8-16-11-9-15(2)10-12-16;1-2/h14,17H,3-13H2,1-2H3;1-2H3. The molecule has 19 heavy (non-hydrogen) atoms. The molecule has 0 aliphatic carbocycles. The predicted molar refractivity (Wildman–Crippen MR) is 84.6 cm³/mol. The monoisotopic (exact) mass is 272 g/mol. The molecule has 0 spiro atoms. The van der Waals surface area contributed by atoms with Gasteiger partial charge in [0.25, 0.3) is 0 Å². The van der Waals surface area contributed by atoms with Crippen LogP contribution in [0.3, 0.4) is 0 Å². The lowest BCUT2D eigenvalue weighted by Gasteiger charge is -2.32. The summed E-state index contributed by atoms with van der Waals surface area (Å²) in [5.41, 5.74) is 0. The molecule has 0 aromatic carbocycles. The van der Waals surface area contributed by atoms with Gasteiger partial charge >= 0.3 is 0 Å². The number of hydrogen-bond acceptors (Lipinski definition) is 3. The summed E-state index contributed by atoms with van der Waals surface area (Å²) >= 11 is 0. The summed E-state index contributed by atoms with van der Waals surface area (Å²) in [6.07, 6.45) is 6.15. The van der Waals surface area contributed by atoms with E-state index in [1.54, 1.807) is 0 Å². The Kier molecular flexibility index (Phi) is 12.8. The van der Waals surface area contributed by atoms with Crippen molar-refractivity contribution >= 4 is 0 Å². The summed E-state index contributed by atoms with van der Waals surface area (Å²) in [7, 11) is 2.21. The van der Waals surface area contributed by atoms with Crippen LogP contribution in [0, 0.1) is 5.92 Å². The van der Waals surface area contributed by atoms with E-state index >= 15 is 0 Å². The molecule has 3 heteroatoms. The zero-order valence-electron chi connectivity index (χ0n) is 13.7. The third-order valence-corrected chi connectivity index (χ3v) is 4.05. The quantitative estimate of drug-likeness (QED) is 0.688. The van der Waals surface area contributed by atoms with Gasteiger partial charge in [0.15, 0.2) is 0 Å². The first-order valence-corrected chi connectivity index (χ1v) is 8.28. The van der Waals surface area contributed by atoms with E-state index < -0.39 is 0 Å². The first-order valence-electron chi connectivity index (χ1n) is 8.28. The molecule has 0 amide bonds. The van der Waals surface area contributed by atoms with Crippen LogP contribution in [0.2, 0.25) is 0 Å². The van der Waals surface area contributed by atoms with Gasteiger partial charge in [-0.2, -0.15) is 0 Å². The van der Waals surface area contributed by atoms with Crippen LogP contribution in [-0.4, -0.2) is 61.3 Å². The summed E-state index contributed by atoms with van der Waals surface area (Å²) in [6, 6.07) is 0. The number of rotatable bonds is 8. The number of aliphatic hydroxyl groups excluding tert-OH is 1. The highest BCUT2D eigenvalue weighted by molar-refractivity contribution is 4.69. The molecule has 116 valence electrons. The van der Waals surface area contributed by atoms with Gasteiger partial charge in [-0.15, -0.1) is 0 Å². The summed E-state index contributed by atoms with van der Waals surface area (Å²) in [5.74, 6) is 0.743. The third-order valence-electron chi connectivity index (χ3n) is 4.05. The summed E-state index contributed by atoms with van der Waals surface area (Å²) in [5, 5.41) is 8.94. The van der Waals surface area contributed by atoms with Crippen molar-refractivity contribution in [2.75, 3.05) is 46.4 Å². The van der Waals surface area contributed by atoms with Crippen molar-refractivity contribution in [2.45, 2.75) is 52.9 Å². The Labute approximate surface area is 121 Å². The van der Waals surface area contributed by atoms with E-state index in [9.17, 15) is 0 Å². The van der Waals surface area contributed by atoms with Crippen LogP contribution in [0.4, 0.5) is 0 Å². The predicted octanol–water partition coefficient (Wildman–Crippen LogP) is 2.84. The van der Waals surface area contributed by atoms with Gasteiger partial charge in [-0.25, -0.2) is 0 Å². The second kappa shape index (κ2) is 12.9. The van der Waals surface area contributed by atoms with Crippen LogP contribution in [0.1, 0.15) is 52.9 Å². The highest BCUT2D eigenvalue weighted by atomic mass is 16.3. The Balaban J connectivity index is 0.00000154. The van der Waals surface area contributed by atoms with E-state index in [-0.39, 0.29) is 0 Å². The number of likely N-dealkylation sites (N-methyl/N-ethyl adjacent to an activating group) is 1. The van der Waals surface area contributed by atoms with E-state index in [1.165, 1.54) is 58.4 Å². The minimum atomic E-state index is 0.358. The highest BCUT2D eigenvalue weighted by Crippen LogP contribution is 2.16. The molecule has 0 saturated carbocycles. The number of unbranched alkanes of at least 4 members (excludes halogenated alkanes) is 1.